The number of nitro benzene ring substituents is 1. The predicted molar refractivity (Wildman–Crippen MR) is 71.1 cm³/mol. The normalized spacial score (nSPS) is 17.0. The van der Waals surface area contributed by atoms with Crippen LogP contribution in [0.5, 0.6) is 5.75 Å². The molecule has 1 aliphatic rings. The Hall–Kier alpha value is -1.93. The van der Waals surface area contributed by atoms with Crippen molar-refractivity contribution in [3.63, 3.8) is 0 Å². The Labute approximate surface area is 111 Å². The van der Waals surface area contributed by atoms with Crippen LogP contribution in [0.15, 0.2) is 23.1 Å². The molecule has 0 unspecified atom stereocenters. The number of hydrogen-bond acceptors (Lipinski definition) is 6. The van der Waals surface area contributed by atoms with E-state index in [1.807, 2.05) is 0 Å². The minimum absolute atomic E-state index is 0.333. The van der Waals surface area contributed by atoms with E-state index in [0.29, 0.717) is 14.8 Å². The SMILES string of the molecule is O=C1NC(=S)S/C1=C\c1ccc(O)c([N+](=O)[O-])c1. The standard InChI is InChI=1S/C10H6N2O4S2/c13-7-2-1-5(3-6(7)12(15)16)4-8-9(14)11-10(17)18-8/h1-4,13H,(H,11,14,17)/b8-4-. The number of phenols is 1. The lowest BCUT2D eigenvalue weighted by atomic mass is 10.1. The van der Waals surface area contributed by atoms with Crippen LogP contribution < -0.4 is 5.32 Å². The molecule has 0 atom stereocenters. The van der Waals surface area contributed by atoms with E-state index in [1.54, 1.807) is 0 Å². The molecule has 2 N–H and O–H groups in total. The van der Waals surface area contributed by atoms with Crippen molar-refractivity contribution in [2.45, 2.75) is 0 Å². The minimum atomic E-state index is -0.691. The number of carbonyl (C=O) groups excluding carboxylic acids is 1. The Balaban J connectivity index is 2.38. The number of aromatic hydroxyl groups is 1. The third-order valence-corrected chi connectivity index (χ3v) is 3.30. The van der Waals surface area contributed by atoms with E-state index >= 15 is 0 Å². The highest BCUT2D eigenvalue weighted by Crippen LogP contribution is 2.30. The van der Waals surface area contributed by atoms with Crippen LogP contribution in [-0.2, 0) is 4.79 Å². The Morgan fingerprint density at radius 1 is 1.50 bits per heavy atom. The van der Waals surface area contributed by atoms with Crippen LogP contribution in [0.1, 0.15) is 5.56 Å². The summed E-state index contributed by atoms with van der Waals surface area (Å²) in [5.74, 6) is -0.748. The first-order valence-corrected chi connectivity index (χ1v) is 5.92. The van der Waals surface area contributed by atoms with E-state index in [9.17, 15) is 20.0 Å². The number of nitro groups is 1. The van der Waals surface area contributed by atoms with E-state index in [1.165, 1.54) is 24.3 Å². The van der Waals surface area contributed by atoms with Crippen molar-refractivity contribution in [1.29, 1.82) is 0 Å². The highest BCUT2D eigenvalue weighted by atomic mass is 32.2. The van der Waals surface area contributed by atoms with Crippen LogP contribution in [0.3, 0.4) is 0 Å². The molecular weight excluding hydrogens is 276 g/mol. The first kappa shape index (κ1) is 12.5. The van der Waals surface area contributed by atoms with E-state index < -0.39 is 16.4 Å². The summed E-state index contributed by atoms with van der Waals surface area (Å²) in [6.45, 7) is 0. The number of thiocarbonyl (C=S) groups is 1. The summed E-state index contributed by atoms with van der Waals surface area (Å²) in [6, 6.07) is 3.88. The average Bonchev–Trinajstić information content (AvgIpc) is 2.60. The van der Waals surface area contributed by atoms with E-state index in [2.05, 4.69) is 5.32 Å². The van der Waals surface area contributed by atoms with Gasteiger partial charge in [0.15, 0.2) is 5.75 Å². The van der Waals surface area contributed by atoms with Crippen molar-refractivity contribution >= 4 is 46.0 Å². The first-order chi connectivity index (χ1) is 8.47. The molecule has 2 rings (SSSR count). The summed E-state index contributed by atoms with van der Waals surface area (Å²) in [7, 11) is 0. The quantitative estimate of drug-likeness (QED) is 0.372. The summed E-state index contributed by atoms with van der Waals surface area (Å²) in [6.07, 6.45) is 1.48. The largest absolute Gasteiger partial charge is 0.502 e. The van der Waals surface area contributed by atoms with Crippen molar-refractivity contribution in [2.24, 2.45) is 0 Å². The number of benzene rings is 1. The number of phenolic OH excluding ortho intramolecular Hbond substituents is 1. The van der Waals surface area contributed by atoms with Crippen molar-refractivity contribution in [3.05, 3.63) is 38.8 Å². The number of nitrogens with one attached hydrogen (secondary N) is 1. The second-order valence-corrected chi connectivity index (χ2v) is 5.08. The molecular formula is C10H6N2O4S2. The molecule has 1 aromatic rings. The van der Waals surface area contributed by atoms with E-state index in [-0.39, 0.29) is 5.91 Å². The number of rotatable bonds is 2. The molecule has 1 amide bonds. The number of nitrogens with zero attached hydrogens (tertiary/aromatic N) is 1. The smallest absolute Gasteiger partial charge is 0.311 e. The zero-order chi connectivity index (χ0) is 13.3. The lowest BCUT2D eigenvalue weighted by Gasteiger charge is -1.98. The number of amides is 1. The fourth-order valence-corrected chi connectivity index (χ4v) is 2.39. The molecule has 0 radical (unpaired) electrons. The molecule has 1 fully saturated rings. The van der Waals surface area contributed by atoms with E-state index in [4.69, 9.17) is 12.2 Å². The molecule has 1 aromatic carbocycles. The van der Waals surface area contributed by atoms with Gasteiger partial charge in [-0.1, -0.05) is 30.0 Å². The molecule has 0 spiro atoms. The molecule has 1 heterocycles. The third-order valence-electron chi connectivity index (χ3n) is 2.14. The van der Waals surface area contributed by atoms with Crippen LogP contribution in [0, 0.1) is 10.1 Å². The van der Waals surface area contributed by atoms with E-state index in [0.717, 1.165) is 11.8 Å². The summed E-state index contributed by atoms with van der Waals surface area (Å²) >= 11 is 5.91. The van der Waals surface area contributed by atoms with Gasteiger partial charge in [-0.3, -0.25) is 14.9 Å². The number of thioether (sulfide) groups is 1. The zero-order valence-electron chi connectivity index (χ0n) is 8.75. The molecule has 6 nitrogen and oxygen atoms in total. The summed E-state index contributed by atoms with van der Waals surface area (Å²) < 4.78 is 0.347. The van der Waals surface area contributed by atoms with Gasteiger partial charge in [0, 0.05) is 6.07 Å². The third kappa shape index (κ3) is 2.49. The van der Waals surface area contributed by atoms with Crippen molar-refractivity contribution in [1.82, 2.24) is 5.32 Å². The van der Waals surface area contributed by atoms with Gasteiger partial charge in [0.05, 0.1) is 9.83 Å². The van der Waals surface area contributed by atoms with Crippen LogP contribution >= 0.6 is 24.0 Å². The molecule has 0 aromatic heterocycles. The Kier molecular flexibility index (Phi) is 3.30. The minimum Gasteiger partial charge on any atom is -0.502 e. The molecule has 8 heteroatoms. The molecule has 18 heavy (non-hydrogen) atoms. The first-order valence-electron chi connectivity index (χ1n) is 4.69. The fraction of sp³-hybridized carbons (Fsp3) is 0. The monoisotopic (exact) mass is 282 g/mol. The van der Waals surface area contributed by atoms with Gasteiger partial charge in [0.1, 0.15) is 4.32 Å². The van der Waals surface area contributed by atoms with Crippen LogP contribution in [0.2, 0.25) is 0 Å². The predicted octanol–water partition coefficient (Wildman–Crippen LogP) is 1.79. The van der Waals surface area contributed by atoms with Crippen molar-refractivity contribution in [2.75, 3.05) is 0 Å². The maximum atomic E-state index is 11.4. The number of carbonyl (C=O) groups is 1. The molecule has 0 saturated carbocycles. The Bertz CT molecular complexity index is 598. The Morgan fingerprint density at radius 2 is 2.22 bits per heavy atom. The maximum absolute atomic E-state index is 11.4. The topological polar surface area (TPSA) is 92.5 Å². The molecule has 0 aliphatic carbocycles. The fourth-order valence-electron chi connectivity index (χ4n) is 1.35. The molecule has 1 aliphatic heterocycles. The van der Waals surface area contributed by atoms with Gasteiger partial charge < -0.3 is 10.4 Å². The van der Waals surface area contributed by atoms with Crippen LogP contribution in [0.25, 0.3) is 6.08 Å². The van der Waals surface area contributed by atoms with Gasteiger partial charge in [-0.05, 0) is 17.7 Å². The van der Waals surface area contributed by atoms with Gasteiger partial charge in [0.2, 0.25) is 0 Å². The maximum Gasteiger partial charge on any atom is 0.311 e. The highest BCUT2D eigenvalue weighted by molar-refractivity contribution is 8.26. The molecule has 1 saturated heterocycles. The van der Waals surface area contributed by atoms with Crippen LogP contribution in [-0.4, -0.2) is 20.3 Å². The summed E-state index contributed by atoms with van der Waals surface area (Å²) in [5.41, 5.74) is 0.0391. The van der Waals surface area contributed by atoms with Crippen LogP contribution in [0.4, 0.5) is 5.69 Å². The van der Waals surface area contributed by atoms with Crippen molar-refractivity contribution < 1.29 is 14.8 Å². The van der Waals surface area contributed by atoms with Gasteiger partial charge in [-0.2, -0.15) is 0 Å². The highest BCUT2D eigenvalue weighted by Gasteiger charge is 2.22. The summed E-state index contributed by atoms with van der Waals surface area (Å²) in [5, 5.41) is 22.4. The Morgan fingerprint density at radius 3 is 2.78 bits per heavy atom. The van der Waals surface area contributed by atoms with Gasteiger partial charge in [0.25, 0.3) is 5.91 Å². The van der Waals surface area contributed by atoms with Gasteiger partial charge >= 0.3 is 5.69 Å². The van der Waals surface area contributed by atoms with Gasteiger partial charge in [-0.25, -0.2) is 0 Å². The number of hydrogen-bond donors (Lipinski definition) is 2. The lowest BCUT2D eigenvalue weighted by Crippen LogP contribution is -2.17. The molecule has 92 valence electrons. The second-order valence-electron chi connectivity index (χ2n) is 3.36. The summed E-state index contributed by atoms with van der Waals surface area (Å²) in [4.78, 5) is 21.7. The average molecular weight is 282 g/mol. The molecule has 0 bridgehead atoms. The van der Waals surface area contributed by atoms with Gasteiger partial charge in [-0.15, -0.1) is 0 Å². The zero-order valence-corrected chi connectivity index (χ0v) is 10.4. The second kappa shape index (κ2) is 4.75. The van der Waals surface area contributed by atoms with Crippen molar-refractivity contribution in [3.8, 4) is 5.75 Å². The lowest BCUT2D eigenvalue weighted by molar-refractivity contribution is -0.385.